The Morgan fingerprint density at radius 2 is 1.95 bits per heavy atom. The van der Waals surface area contributed by atoms with Crippen LogP contribution in [0.4, 0.5) is 0 Å². The lowest BCUT2D eigenvalue weighted by molar-refractivity contribution is 0.0663. The van der Waals surface area contributed by atoms with Crippen molar-refractivity contribution in [3.05, 3.63) is 46.7 Å². The summed E-state index contributed by atoms with van der Waals surface area (Å²) < 4.78 is 5.56. The van der Waals surface area contributed by atoms with Crippen LogP contribution in [0.1, 0.15) is 23.0 Å². The van der Waals surface area contributed by atoms with E-state index >= 15 is 0 Å². The molecule has 96 valence electrons. The molecule has 1 aromatic heterocycles. The van der Waals surface area contributed by atoms with Gasteiger partial charge in [0.25, 0.3) is 0 Å². The molecule has 0 fully saturated rings. The summed E-state index contributed by atoms with van der Waals surface area (Å²) in [7, 11) is 0. The quantitative estimate of drug-likeness (QED) is 0.748. The molecule has 0 unspecified atom stereocenters. The van der Waals surface area contributed by atoms with Gasteiger partial charge < -0.3 is 9.52 Å². The van der Waals surface area contributed by atoms with Crippen LogP contribution in [0.3, 0.4) is 0 Å². The van der Waals surface area contributed by atoms with Gasteiger partial charge in [-0.2, -0.15) is 0 Å². The molecule has 3 rings (SSSR count). The third-order valence-electron chi connectivity index (χ3n) is 3.30. The summed E-state index contributed by atoms with van der Waals surface area (Å²) in [5.41, 5.74) is 1.28. The maximum atomic E-state index is 11.2. The average molecular weight is 275 g/mol. The summed E-state index contributed by atoms with van der Waals surface area (Å²) in [4.78, 5) is 11.2. The fraction of sp³-hybridized carbons (Fsp3) is 0.133. The number of rotatable bonds is 2. The van der Waals surface area contributed by atoms with Crippen LogP contribution in [-0.2, 0) is 6.42 Å². The second-order valence-electron chi connectivity index (χ2n) is 4.35. The van der Waals surface area contributed by atoms with Gasteiger partial charge in [-0.3, -0.25) is 0 Å². The van der Waals surface area contributed by atoms with Crippen molar-refractivity contribution in [2.24, 2.45) is 0 Å². The minimum atomic E-state index is -1.05. The molecule has 0 atom stereocenters. The molecule has 3 aromatic rings. The van der Waals surface area contributed by atoms with Crippen LogP contribution in [0.5, 0.6) is 0 Å². The number of hydrogen-bond acceptors (Lipinski definition) is 2. The summed E-state index contributed by atoms with van der Waals surface area (Å²) in [6, 6.07) is 9.34. The number of carboxylic acid groups (broad SMARTS) is 1. The highest BCUT2D eigenvalue weighted by Crippen LogP contribution is 2.36. The van der Waals surface area contributed by atoms with Crippen LogP contribution in [0.15, 0.2) is 34.7 Å². The van der Waals surface area contributed by atoms with Gasteiger partial charge in [0.15, 0.2) is 0 Å². The van der Waals surface area contributed by atoms with E-state index in [2.05, 4.69) is 0 Å². The number of carbonyl (C=O) groups is 1. The molecule has 1 heterocycles. The summed E-state index contributed by atoms with van der Waals surface area (Å²) >= 11 is 6.26. The molecular formula is C15H11ClO3. The first-order valence-electron chi connectivity index (χ1n) is 5.99. The van der Waals surface area contributed by atoms with Crippen LogP contribution < -0.4 is 0 Å². The van der Waals surface area contributed by atoms with Gasteiger partial charge in [-0.1, -0.05) is 42.8 Å². The standard InChI is InChI=1S/C15H11ClO3/c1-2-8-11-7-12(16)9-5-3-4-6-10(9)13(11)19-14(8)15(17)18/h3-7H,2H2,1H3,(H,17,18). The number of hydrogen-bond donors (Lipinski definition) is 1. The van der Waals surface area contributed by atoms with Crippen molar-refractivity contribution >= 4 is 39.3 Å². The maximum Gasteiger partial charge on any atom is 0.372 e. The van der Waals surface area contributed by atoms with Crippen LogP contribution in [0.2, 0.25) is 5.02 Å². The molecule has 0 radical (unpaired) electrons. The zero-order valence-electron chi connectivity index (χ0n) is 10.2. The second kappa shape index (κ2) is 4.28. The number of aromatic carboxylic acids is 1. The third kappa shape index (κ3) is 1.70. The molecule has 0 saturated heterocycles. The fourth-order valence-electron chi connectivity index (χ4n) is 2.45. The molecule has 0 amide bonds. The van der Waals surface area contributed by atoms with Gasteiger partial charge in [-0.25, -0.2) is 4.79 Å². The molecule has 0 saturated carbocycles. The van der Waals surface area contributed by atoms with E-state index in [4.69, 9.17) is 16.0 Å². The predicted octanol–water partition coefficient (Wildman–Crippen LogP) is 4.50. The lowest BCUT2D eigenvalue weighted by Gasteiger charge is -2.01. The molecule has 0 spiro atoms. The Kier molecular flexibility index (Phi) is 2.72. The average Bonchev–Trinajstić information content (AvgIpc) is 2.78. The Bertz CT molecular complexity index is 802. The number of aryl methyl sites for hydroxylation is 1. The molecule has 2 aromatic carbocycles. The largest absolute Gasteiger partial charge is 0.475 e. The van der Waals surface area contributed by atoms with Crippen LogP contribution >= 0.6 is 11.6 Å². The van der Waals surface area contributed by atoms with Gasteiger partial charge in [0.1, 0.15) is 5.58 Å². The highest BCUT2D eigenvalue weighted by molar-refractivity contribution is 6.37. The van der Waals surface area contributed by atoms with Crippen molar-refractivity contribution in [3.63, 3.8) is 0 Å². The molecule has 3 nitrogen and oxygen atoms in total. The Morgan fingerprint density at radius 3 is 2.58 bits per heavy atom. The minimum Gasteiger partial charge on any atom is -0.475 e. The first kappa shape index (κ1) is 12.1. The van der Waals surface area contributed by atoms with Crippen molar-refractivity contribution in [1.82, 2.24) is 0 Å². The van der Waals surface area contributed by atoms with E-state index in [1.54, 1.807) is 6.07 Å². The number of benzene rings is 2. The normalized spacial score (nSPS) is 11.3. The van der Waals surface area contributed by atoms with Crippen molar-refractivity contribution in [2.45, 2.75) is 13.3 Å². The summed E-state index contributed by atoms with van der Waals surface area (Å²) in [5, 5.41) is 12.3. The Hall–Kier alpha value is -2.00. The van der Waals surface area contributed by atoms with Crippen molar-refractivity contribution in [3.8, 4) is 0 Å². The zero-order chi connectivity index (χ0) is 13.6. The van der Waals surface area contributed by atoms with E-state index in [-0.39, 0.29) is 5.76 Å². The highest BCUT2D eigenvalue weighted by Gasteiger charge is 2.20. The molecule has 0 bridgehead atoms. The topological polar surface area (TPSA) is 50.4 Å². The van der Waals surface area contributed by atoms with Gasteiger partial charge in [0, 0.05) is 26.7 Å². The monoisotopic (exact) mass is 274 g/mol. The Labute approximate surface area is 114 Å². The first-order valence-corrected chi connectivity index (χ1v) is 6.37. The van der Waals surface area contributed by atoms with Crippen molar-refractivity contribution < 1.29 is 14.3 Å². The molecule has 0 aliphatic rings. The van der Waals surface area contributed by atoms with E-state index < -0.39 is 5.97 Å². The van der Waals surface area contributed by atoms with Gasteiger partial charge >= 0.3 is 5.97 Å². The number of furan rings is 1. The Balaban J connectivity index is 2.54. The zero-order valence-corrected chi connectivity index (χ0v) is 11.0. The van der Waals surface area contributed by atoms with E-state index in [9.17, 15) is 9.90 Å². The van der Waals surface area contributed by atoms with Crippen molar-refractivity contribution in [2.75, 3.05) is 0 Å². The number of fused-ring (bicyclic) bond motifs is 3. The molecule has 0 aliphatic heterocycles. The van der Waals surface area contributed by atoms with E-state index in [1.165, 1.54) is 0 Å². The summed E-state index contributed by atoms with van der Waals surface area (Å²) in [6.45, 7) is 1.90. The van der Waals surface area contributed by atoms with Crippen LogP contribution in [-0.4, -0.2) is 11.1 Å². The SMILES string of the molecule is CCc1c(C(=O)O)oc2c1cc(Cl)c1ccccc12. The predicted molar refractivity (Wildman–Crippen MR) is 75.1 cm³/mol. The van der Waals surface area contributed by atoms with Gasteiger partial charge in [0.2, 0.25) is 5.76 Å². The highest BCUT2D eigenvalue weighted by atomic mass is 35.5. The molecule has 19 heavy (non-hydrogen) atoms. The number of carboxylic acids is 1. The molecule has 1 N–H and O–H groups in total. The van der Waals surface area contributed by atoms with Gasteiger partial charge in [-0.05, 0) is 12.5 Å². The second-order valence-corrected chi connectivity index (χ2v) is 4.76. The first-order chi connectivity index (χ1) is 9.13. The van der Waals surface area contributed by atoms with Crippen molar-refractivity contribution in [1.29, 1.82) is 0 Å². The van der Waals surface area contributed by atoms with Gasteiger partial charge in [0.05, 0.1) is 0 Å². The molecule has 0 aliphatic carbocycles. The number of halogens is 1. The van der Waals surface area contributed by atoms with Crippen LogP contribution in [0, 0.1) is 0 Å². The molecular weight excluding hydrogens is 264 g/mol. The van der Waals surface area contributed by atoms with Gasteiger partial charge in [-0.15, -0.1) is 0 Å². The summed E-state index contributed by atoms with van der Waals surface area (Å²) in [5.74, 6) is -1.04. The van der Waals surface area contributed by atoms with Crippen LogP contribution in [0.25, 0.3) is 21.7 Å². The minimum absolute atomic E-state index is 0.00456. The lowest BCUT2D eigenvalue weighted by Crippen LogP contribution is -1.97. The van der Waals surface area contributed by atoms with E-state index in [0.717, 1.165) is 16.2 Å². The maximum absolute atomic E-state index is 11.2. The lowest BCUT2D eigenvalue weighted by atomic mass is 10.0. The Morgan fingerprint density at radius 1 is 1.26 bits per heavy atom. The van der Waals surface area contributed by atoms with E-state index in [1.807, 2.05) is 31.2 Å². The fourth-order valence-corrected chi connectivity index (χ4v) is 2.72. The van der Waals surface area contributed by atoms with E-state index in [0.29, 0.717) is 22.6 Å². The molecule has 4 heteroatoms. The third-order valence-corrected chi connectivity index (χ3v) is 3.61. The summed E-state index contributed by atoms with van der Waals surface area (Å²) in [6.07, 6.45) is 0.587. The smallest absolute Gasteiger partial charge is 0.372 e.